The van der Waals surface area contributed by atoms with Gasteiger partial charge in [0.15, 0.2) is 0 Å². The van der Waals surface area contributed by atoms with E-state index in [0.717, 1.165) is 33.1 Å². The summed E-state index contributed by atoms with van der Waals surface area (Å²) < 4.78 is 8.35. The maximum atomic E-state index is 12.4. The van der Waals surface area contributed by atoms with E-state index in [1.807, 2.05) is 48.5 Å². The van der Waals surface area contributed by atoms with E-state index < -0.39 is 0 Å². The molecule has 1 heterocycles. The Balaban J connectivity index is 1.57. The molecule has 0 saturated carbocycles. The van der Waals surface area contributed by atoms with Gasteiger partial charge in [-0.2, -0.15) is 8.75 Å². The van der Waals surface area contributed by atoms with E-state index in [-0.39, 0.29) is 5.91 Å². The van der Waals surface area contributed by atoms with E-state index in [1.165, 1.54) is 11.7 Å². The highest BCUT2D eigenvalue weighted by Crippen LogP contribution is 2.20. The molecule has 3 aromatic carbocycles. The summed E-state index contributed by atoms with van der Waals surface area (Å²) in [5.41, 5.74) is 3.42. The first-order valence-electron chi connectivity index (χ1n) is 7.28. The predicted molar refractivity (Wildman–Crippen MR) is 93.7 cm³/mol. The lowest BCUT2D eigenvalue weighted by Crippen LogP contribution is -2.14. The van der Waals surface area contributed by atoms with Crippen molar-refractivity contribution >= 4 is 45.1 Å². The molecule has 1 aromatic heterocycles. The Bertz CT molecular complexity index is 1000. The largest absolute Gasteiger partial charge is 0.326 e. The summed E-state index contributed by atoms with van der Waals surface area (Å²) in [6, 6.07) is 19.7. The van der Waals surface area contributed by atoms with Crippen molar-refractivity contribution < 1.29 is 4.79 Å². The number of anilines is 1. The summed E-state index contributed by atoms with van der Waals surface area (Å²) in [5, 5.41) is 5.20. The molecule has 0 unspecified atom stereocenters. The fraction of sp³-hybridized carbons (Fsp3) is 0.0556. The summed E-state index contributed by atoms with van der Waals surface area (Å²) in [6.45, 7) is 0. The van der Waals surface area contributed by atoms with Gasteiger partial charge in [-0.1, -0.05) is 42.5 Å². The van der Waals surface area contributed by atoms with E-state index in [9.17, 15) is 4.79 Å². The standard InChI is InChI=1S/C18H13N3OS/c22-18(19-14-8-9-16-17(11-14)21-23-20-16)10-13-6-3-5-12-4-1-2-7-15(12)13/h1-9,11H,10H2,(H,19,22). The molecule has 0 aliphatic rings. The summed E-state index contributed by atoms with van der Waals surface area (Å²) in [4.78, 5) is 12.4. The van der Waals surface area contributed by atoms with Gasteiger partial charge >= 0.3 is 0 Å². The van der Waals surface area contributed by atoms with Crippen LogP contribution in [0.3, 0.4) is 0 Å². The molecule has 23 heavy (non-hydrogen) atoms. The van der Waals surface area contributed by atoms with Crippen LogP contribution in [-0.2, 0) is 11.2 Å². The first kappa shape index (κ1) is 13.8. The number of benzene rings is 3. The molecule has 0 atom stereocenters. The number of fused-ring (bicyclic) bond motifs is 2. The van der Waals surface area contributed by atoms with Crippen molar-refractivity contribution in [1.82, 2.24) is 8.75 Å². The number of rotatable bonds is 3. The number of aromatic nitrogens is 2. The first-order chi connectivity index (χ1) is 11.3. The molecule has 4 aromatic rings. The first-order valence-corrected chi connectivity index (χ1v) is 8.01. The lowest BCUT2D eigenvalue weighted by Gasteiger charge is -2.08. The Morgan fingerprint density at radius 1 is 0.957 bits per heavy atom. The summed E-state index contributed by atoms with van der Waals surface area (Å²) >= 11 is 1.17. The molecule has 0 bridgehead atoms. The number of hydrogen-bond acceptors (Lipinski definition) is 4. The van der Waals surface area contributed by atoms with Crippen molar-refractivity contribution in [3.05, 3.63) is 66.2 Å². The average Bonchev–Trinajstić information content (AvgIpc) is 3.03. The van der Waals surface area contributed by atoms with Crippen LogP contribution in [0.5, 0.6) is 0 Å². The minimum atomic E-state index is -0.0381. The number of amides is 1. The Labute approximate surface area is 137 Å². The van der Waals surface area contributed by atoms with Crippen LogP contribution in [-0.4, -0.2) is 14.7 Å². The summed E-state index contributed by atoms with van der Waals surface area (Å²) in [7, 11) is 0. The third kappa shape index (κ3) is 2.78. The predicted octanol–water partition coefficient (Wildman–Crippen LogP) is 4.03. The fourth-order valence-electron chi connectivity index (χ4n) is 2.68. The Hall–Kier alpha value is -2.79. The summed E-state index contributed by atoms with van der Waals surface area (Å²) in [6.07, 6.45) is 0.342. The van der Waals surface area contributed by atoms with Gasteiger partial charge in [0.1, 0.15) is 11.0 Å². The molecule has 0 fully saturated rings. The monoisotopic (exact) mass is 319 g/mol. The van der Waals surface area contributed by atoms with E-state index in [4.69, 9.17) is 0 Å². The summed E-state index contributed by atoms with van der Waals surface area (Å²) in [5.74, 6) is -0.0381. The van der Waals surface area contributed by atoms with Crippen LogP contribution in [0.15, 0.2) is 60.7 Å². The van der Waals surface area contributed by atoms with Gasteiger partial charge in [-0.05, 0) is 34.5 Å². The Morgan fingerprint density at radius 2 is 1.78 bits per heavy atom. The third-order valence-corrected chi connectivity index (χ3v) is 4.33. The van der Waals surface area contributed by atoms with Crippen molar-refractivity contribution in [1.29, 1.82) is 0 Å². The zero-order valence-corrected chi connectivity index (χ0v) is 13.0. The van der Waals surface area contributed by atoms with Crippen LogP contribution >= 0.6 is 11.7 Å². The number of nitrogens with zero attached hydrogens (tertiary/aromatic N) is 2. The molecule has 0 saturated heterocycles. The highest BCUT2D eigenvalue weighted by atomic mass is 32.1. The molecule has 0 radical (unpaired) electrons. The molecule has 0 spiro atoms. The normalized spacial score (nSPS) is 11.0. The van der Waals surface area contributed by atoms with E-state index in [1.54, 1.807) is 0 Å². The van der Waals surface area contributed by atoms with Crippen molar-refractivity contribution in [2.75, 3.05) is 5.32 Å². The second-order valence-corrected chi connectivity index (χ2v) is 5.86. The molecule has 5 heteroatoms. The van der Waals surface area contributed by atoms with Gasteiger partial charge in [0, 0.05) is 5.69 Å². The number of hydrogen-bond donors (Lipinski definition) is 1. The van der Waals surface area contributed by atoms with Gasteiger partial charge in [-0.3, -0.25) is 4.79 Å². The topological polar surface area (TPSA) is 54.9 Å². The maximum absolute atomic E-state index is 12.4. The zero-order chi connectivity index (χ0) is 15.6. The molecule has 1 N–H and O–H groups in total. The number of carbonyl (C=O) groups excluding carboxylic acids is 1. The van der Waals surface area contributed by atoms with Crippen molar-refractivity contribution in [2.45, 2.75) is 6.42 Å². The second-order valence-electron chi connectivity index (χ2n) is 5.33. The van der Waals surface area contributed by atoms with Crippen LogP contribution < -0.4 is 5.32 Å². The molecule has 0 aliphatic carbocycles. The highest BCUT2D eigenvalue weighted by molar-refractivity contribution is 7.00. The van der Waals surface area contributed by atoms with Gasteiger partial charge in [-0.25, -0.2) is 0 Å². The number of nitrogens with one attached hydrogen (secondary N) is 1. The zero-order valence-electron chi connectivity index (χ0n) is 12.2. The van der Waals surface area contributed by atoms with Gasteiger partial charge < -0.3 is 5.32 Å². The van der Waals surface area contributed by atoms with Gasteiger partial charge in [0.25, 0.3) is 0 Å². The Morgan fingerprint density at radius 3 is 2.74 bits per heavy atom. The third-order valence-electron chi connectivity index (χ3n) is 3.77. The lowest BCUT2D eigenvalue weighted by atomic mass is 10.0. The van der Waals surface area contributed by atoms with Crippen LogP contribution in [0.4, 0.5) is 5.69 Å². The molecule has 4 nitrogen and oxygen atoms in total. The van der Waals surface area contributed by atoms with Crippen LogP contribution in [0.2, 0.25) is 0 Å². The van der Waals surface area contributed by atoms with Gasteiger partial charge in [-0.15, -0.1) is 0 Å². The molecular formula is C18H13N3OS. The van der Waals surface area contributed by atoms with Crippen LogP contribution in [0.25, 0.3) is 21.8 Å². The highest BCUT2D eigenvalue weighted by Gasteiger charge is 2.08. The molecule has 4 rings (SSSR count). The van der Waals surface area contributed by atoms with E-state index in [0.29, 0.717) is 6.42 Å². The number of carbonyl (C=O) groups is 1. The van der Waals surface area contributed by atoms with Crippen molar-refractivity contribution in [3.8, 4) is 0 Å². The van der Waals surface area contributed by atoms with Gasteiger partial charge in [0.05, 0.1) is 18.1 Å². The average molecular weight is 319 g/mol. The van der Waals surface area contributed by atoms with Crippen LogP contribution in [0, 0.1) is 0 Å². The van der Waals surface area contributed by atoms with Gasteiger partial charge in [0.2, 0.25) is 5.91 Å². The van der Waals surface area contributed by atoms with E-state index in [2.05, 4.69) is 26.2 Å². The van der Waals surface area contributed by atoms with Crippen LogP contribution in [0.1, 0.15) is 5.56 Å². The maximum Gasteiger partial charge on any atom is 0.228 e. The fourth-order valence-corrected chi connectivity index (χ4v) is 3.20. The lowest BCUT2D eigenvalue weighted by molar-refractivity contribution is -0.115. The molecule has 112 valence electrons. The quantitative estimate of drug-likeness (QED) is 0.620. The molecule has 0 aliphatic heterocycles. The minimum Gasteiger partial charge on any atom is -0.326 e. The molecular weight excluding hydrogens is 306 g/mol. The minimum absolute atomic E-state index is 0.0381. The second kappa shape index (κ2) is 5.78. The smallest absolute Gasteiger partial charge is 0.228 e. The SMILES string of the molecule is O=C(Cc1cccc2ccccc12)Nc1ccc2nsnc2c1. The Kier molecular flexibility index (Phi) is 3.48. The van der Waals surface area contributed by atoms with Crippen molar-refractivity contribution in [2.24, 2.45) is 0 Å². The van der Waals surface area contributed by atoms with E-state index >= 15 is 0 Å². The van der Waals surface area contributed by atoms with Crippen molar-refractivity contribution in [3.63, 3.8) is 0 Å². The molecule has 1 amide bonds.